The van der Waals surface area contributed by atoms with Crippen LogP contribution in [-0.2, 0) is 4.79 Å². The summed E-state index contributed by atoms with van der Waals surface area (Å²) >= 11 is 0. The molecule has 0 radical (unpaired) electrons. The van der Waals surface area contributed by atoms with Crippen molar-refractivity contribution in [2.24, 2.45) is 11.7 Å². The number of hydrogen-bond acceptors (Lipinski definition) is 3. The molecule has 2 rings (SSSR count). The van der Waals surface area contributed by atoms with Gasteiger partial charge in [0.25, 0.3) is 0 Å². The van der Waals surface area contributed by atoms with Gasteiger partial charge in [0, 0.05) is 6.04 Å². The fraction of sp³-hybridized carbons (Fsp3) is 0.917. The Hall–Kier alpha value is -0.610. The minimum Gasteiger partial charge on any atom is -0.480 e. The highest BCUT2D eigenvalue weighted by Gasteiger charge is 2.45. The summed E-state index contributed by atoms with van der Waals surface area (Å²) in [4.78, 5) is 13.5. The van der Waals surface area contributed by atoms with Gasteiger partial charge in [-0.05, 0) is 51.6 Å². The molecule has 92 valence electrons. The van der Waals surface area contributed by atoms with E-state index < -0.39 is 11.5 Å². The van der Waals surface area contributed by atoms with E-state index in [1.807, 2.05) is 0 Å². The molecule has 0 bridgehead atoms. The summed E-state index contributed by atoms with van der Waals surface area (Å²) in [6, 6.07) is 0.749. The van der Waals surface area contributed by atoms with Crippen LogP contribution in [-0.4, -0.2) is 41.1 Å². The maximum Gasteiger partial charge on any atom is 0.323 e. The Morgan fingerprint density at radius 2 is 2.19 bits per heavy atom. The molecule has 0 amide bonds. The van der Waals surface area contributed by atoms with Crippen LogP contribution >= 0.6 is 0 Å². The lowest BCUT2D eigenvalue weighted by Crippen LogP contribution is -2.51. The van der Waals surface area contributed by atoms with Crippen LogP contribution < -0.4 is 5.73 Å². The molecule has 2 fully saturated rings. The van der Waals surface area contributed by atoms with Crippen molar-refractivity contribution >= 4 is 5.97 Å². The van der Waals surface area contributed by atoms with E-state index in [0.29, 0.717) is 6.42 Å². The Balaban J connectivity index is 1.85. The van der Waals surface area contributed by atoms with Gasteiger partial charge >= 0.3 is 5.97 Å². The van der Waals surface area contributed by atoms with Gasteiger partial charge in [-0.15, -0.1) is 0 Å². The van der Waals surface area contributed by atoms with Gasteiger partial charge in [0.2, 0.25) is 0 Å². The molecule has 2 aliphatic rings. The number of carboxylic acid groups (broad SMARTS) is 1. The molecule has 0 aromatic carbocycles. The third-order valence-electron chi connectivity index (χ3n) is 4.27. The number of carbonyl (C=O) groups is 1. The second-order valence-corrected chi connectivity index (χ2v) is 5.44. The van der Waals surface area contributed by atoms with Crippen molar-refractivity contribution in [2.45, 2.75) is 50.1 Å². The molecule has 0 aromatic rings. The molecule has 0 spiro atoms. The first-order valence-corrected chi connectivity index (χ1v) is 6.26. The summed E-state index contributed by atoms with van der Waals surface area (Å²) in [6.07, 6.45) is 6.10. The highest BCUT2D eigenvalue weighted by Crippen LogP contribution is 2.37. The molecule has 0 aromatic heterocycles. The minimum atomic E-state index is -0.954. The number of aliphatic carboxylic acids is 1. The quantitative estimate of drug-likeness (QED) is 0.735. The lowest BCUT2D eigenvalue weighted by molar-refractivity contribution is -0.144. The number of rotatable bonds is 5. The summed E-state index contributed by atoms with van der Waals surface area (Å²) in [5.41, 5.74) is 5.05. The average Bonchev–Trinajstić information content (AvgIpc) is 3.00. The predicted molar refractivity (Wildman–Crippen MR) is 62.2 cm³/mol. The first kappa shape index (κ1) is 11.9. The van der Waals surface area contributed by atoms with E-state index >= 15 is 0 Å². The highest BCUT2D eigenvalue weighted by molar-refractivity contribution is 5.79. The van der Waals surface area contributed by atoms with E-state index in [4.69, 9.17) is 5.73 Å². The summed E-state index contributed by atoms with van der Waals surface area (Å²) in [5, 5.41) is 9.19. The van der Waals surface area contributed by atoms with Gasteiger partial charge in [-0.1, -0.05) is 6.42 Å². The van der Waals surface area contributed by atoms with Crippen LogP contribution in [0.1, 0.15) is 38.5 Å². The van der Waals surface area contributed by atoms with Gasteiger partial charge < -0.3 is 15.7 Å². The third kappa shape index (κ3) is 2.23. The molecule has 0 heterocycles. The van der Waals surface area contributed by atoms with Crippen LogP contribution in [0.3, 0.4) is 0 Å². The van der Waals surface area contributed by atoms with Crippen molar-refractivity contribution in [3.63, 3.8) is 0 Å². The highest BCUT2D eigenvalue weighted by atomic mass is 16.4. The van der Waals surface area contributed by atoms with Gasteiger partial charge in [0.15, 0.2) is 0 Å². The number of hydrogen-bond donors (Lipinski definition) is 2. The van der Waals surface area contributed by atoms with Crippen molar-refractivity contribution in [1.82, 2.24) is 4.90 Å². The molecule has 4 nitrogen and oxygen atoms in total. The number of carboxylic acids is 1. The van der Waals surface area contributed by atoms with Crippen molar-refractivity contribution in [3.8, 4) is 0 Å². The molecule has 0 saturated heterocycles. The zero-order chi connectivity index (χ0) is 11.8. The largest absolute Gasteiger partial charge is 0.480 e. The van der Waals surface area contributed by atoms with Crippen molar-refractivity contribution in [2.75, 3.05) is 13.6 Å². The van der Waals surface area contributed by atoms with Gasteiger partial charge in [-0.3, -0.25) is 4.79 Å². The Morgan fingerprint density at radius 3 is 2.75 bits per heavy atom. The summed E-state index contributed by atoms with van der Waals surface area (Å²) < 4.78 is 0. The van der Waals surface area contributed by atoms with Gasteiger partial charge in [0.05, 0.1) is 0 Å². The van der Waals surface area contributed by atoms with Crippen LogP contribution in [0.2, 0.25) is 0 Å². The van der Waals surface area contributed by atoms with Crippen LogP contribution in [0.4, 0.5) is 0 Å². The van der Waals surface area contributed by atoms with Crippen molar-refractivity contribution < 1.29 is 9.90 Å². The van der Waals surface area contributed by atoms with Gasteiger partial charge in [-0.2, -0.15) is 0 Å². The van der Waals surface area contributed by atoms with Crippen LogP contribution in [0.15, 0.2) is 0 Å². The lowest BCUT2D eigenvalue weighted by atomic mass is 9.85. The second-order valence-electron chi connectivity index (χ2n) is 5.44. The second kappa shape index (κ2) is 4.34. The molecule has 2 saturated carbocycles. The normalized spacial score (nSPS) is 34.6. The molecule has 4 heteroatoms. The zero-order valence-electron chi connectivity index (χ0n) is 9.98. The van der Waals surface area contributed by atoms with Crippen LogP contribution in [0.5, 0.6) is 0 Å². The van der Waals surface area contributed by atoms with Crippen molar-refractivity contribution in [3.05, 3.63) is 0 Å². The molecule has 16 heavy (non-hydrogen) atoms. The smallest absolute Gasteiger partial charge is 0.323 e. The molecule has 2 aliphatic carbocycles. The average molecular weight is 226 g/mol. The summed E-state index contributed by atoms with van der Waals surface area (Å²) in [5.74, 6) is -0.657. The van der Waals surface area contributed by atoms with Gasteiger partial charge in [0.1, 0.15) is 5.54 Å². The molecular formula is C12H22N2O2. The minimum absolute atomic E-state index is 0.159. The topological polar surface area (TPSA) is 66.6 Å². The maximum absolute atomic E-state index is 11.2. The van der Waals surface area contributed by atoms with E-state index in [0.717, 1.165) is 31.8 Å². The Bertz CT molecular complexity index is 278. The molecule has 2 unspecified atom stereocenters. The fourth-order valence-electron chi connectivity index (χ4n) is 2.84. The zero-order valence-corrected chi connectivity index (χ0v) is 9.98. The Kier molecular flexibility index (Phi) is 3.22. The number of nitrogens with zero attached hydrogens (tertiary/aromatic N) is 1. The van der Waals surface area contributed by atoms with Gasteiger partial charge in [-0.25, -0.2) is 0 Å². The first-order chi connectivity index (χ1) is 7.54. The van der Waals surface area contributed by atoms with E-state index in [1.54, 1.807) is 0 Å². The first-order valence-electron chi connectivity index (χ1n) is 6.26. The molecule has 3 N–H and O–H groups in total. The Labute approximate surface area is 96.8 Å². The SMILES string of the molecule is CN(CCC1CCCC1(N)C(=O)O)C1CC1. The third-order valence-corrected chi connectivity index (χ3v) is 4.27. The van der Waals surface area contributed by atoms with E-state index in [2.05, 4.69) is 11.9 Å². The summed E-state index contributed by atoms with van der Waals surface area (Å²) in [6.45, 7) is 0.988. The van der Waals surface area contributed by atoms with Crippen molar-refractivity contribution in [1.29, 1.82) is 0 Å². The molecule has 2 atom stereocenters. The van der Waals surface area contributed by atoms with E-state index in [1.165, 1.54) is 12.8 Å². The van der Waals surface area contributed by atoms with E-state index in [9.17, 15) is 9.90 Å². The van der Waals surface area contributed by atoms with Crippen LogP contribution in [0.25, 0.3) is 0 Å². The molecular weight excluding hydrogens is 204 g/mol. The standard InChI is InChI=1S/C12H22N2O2/c1-14(10-4-5-10)8-6-9-3-2-7-12(9,13)11(15)16/h9-10H,2-8,13H2,1H3,(H,15,16). The fourth-order valence-corrected chi connectivity index (χ4v) is 2.84. The predicted octanol–water partition coefficient (Wildman–Crippen LogP) is 1.05. The monoisotopic (exact) mass is 226 g/mol. The Morgan fingerprint density at radius 1 is 1.50 bits per heavy atom. The lowest BCUT2D eigenvalue weighted by Gasteiger charge is -2.28. The molecule has 0 aliphatic heterocycles. The van der Waals surface area contributed by atoms with E-state index in [-0.39, 0.29) is 5.92 Å². The summed E-state index contributed by atoms with van der Waals surface area (Å²) in [7, 11) is 2.13. The number of nitrogens with two attached hydrogens (primary N) is 1. The van der Waals surface area contributed by atoms with Crippen LogP contribution in [0, 0.1) is 5.92 Å². The maximum atomic E-state index is 11.2.